The molecule has 5 heteroatoms. The number of piperazine rings is 1. The quantitative estimate of drug-likeness (QED) is 0.664. The van der Waals surface area contributed by atoms with Crippen LogP contribution in [0.3, 0.4) is 0 Å². The van der Waals surface area contributed by atoms with Crippen molar-refractivity contribution in [1.82, 2.24) is 9.80 Å². The number of amides is 1. The van der Waals surface area contributed by atoms with E-state index in [0.29, 0.717) is 31.2 Å². The monoisotopic (exact) mass is 437 g/mol. The summed E-state index contributed by atoms with van der Waals surface area (Å²) in [6.07, 6.45) is 6.87. The van der Waals surface area contributed by atoms with Crippen LogP contribution in [0.1, 0.15) is 68.6 Å². The number of ketones is 1. The second kappa shape index (κ2) is 9.78. The summed E-state index contributed by atoms with van der Waals surface area (Å²) in [5, 5.41) is 3.12. The molecule has 1 aliphatic heterocycles. The molecule has 0 aromatic heterocycles. The van der Waals surface area contributed by atoms with E-state index in [-0.39, 0.29) is 17.6 Å². The molecule has 1 atom stereocenters. The van der Waals surface area contributed by atoms with Crippen LogP contribution < -0.4 is 5.32 Å². The van der Waals surface area contributed by atoms with Crippen molar-refractivity contribution < 1.29 is 9.59 Å². The van der Waals surface area contributed by atoms with Gasteiger partial charge in [0, 0.05) is 62.9 Å². The third-order valence-electron chi connectivity index (χ3n) is 7.74. The lowest BCUT2D eigenvalue weighted by atomic mass is 9.81. The SMILES string of the molecule is C=C(C1CCCC1)N1CCN(Cc2cc(C)cc(NC(=O)CC3CC(=O)C3)c2C)C[C@@H]1C. The first-order chi connectivity index (χ1) is 15.3. The van der Waals surface area contributed by atoms with Crippen LogP contribution in [0.5, 0.6) is 0 Å². The number of allylic oxidation sites excluding steroid dienone is 1. The number of nitrogens with one attached hydrogen (secondary N) is 1. The lowest BCUT2D eigenvalue weighted by Gasteiger charge is -2.43. The van der Waals surface area contributed by atoms with Crippen molar-refractivity contribution in [3.63, 3.8) is 0 Å². The highest BCUT2D eigenvalue weighted by molar-refractivity contribution is 5.94. The van der Waals surface area contributed by atoms with Crippen molar-refractivity contribution >= 4 is 17.4 Å². The maximum absolute atomic E-state index is 12.5. The van der Waals surface area contributed by atoms with E-state index in [1.165, 1.54) is 42.5 Å². The van der Waals surface area contributed by atoms with Crippen molar-refractivity contribution in [1.29, 1.82) is 0 Å². The fourth-order valence-electron chi connectivity index (χ4n) is 5.76. The van der Waals surface area contributed by atoms with E-state index in [4.69, 9.17) is 0 Å². The highest BCUT2D eigenvalue weighted by Gasteiger charge is 2.30. The zero-order chi connectivity index (χ0) is 22.8. The fourth-order valence-corrected chi connectivity index (χ4v) is 5.76. The number of Topliss-reactive ketones (excluding diaryl/α,β-unsaturated/α-hetero) is 1. The van der Waals surface area contributed by atoms with Gasteiger partial charge in [0.15, 0.2) is 0 Å². The third-order valence-corrected chi connectivity index (χ3v) is 7.74. The van der Waals surface area contributed by atoms with Crippen molar-refractivity contribution in [2.24, 2.45) is 11.8 Å². The zero-order valence-corrected chi connectivity index (χ0v) is 20.1. The molecule has 2 aliphatic carbocycles. The minimum Gasteiger partial charge on any atom is -0.370 e. The van der Waals surface area contributed by atoms with Crippen LogP contribution in [0.15, 0.2) is 24.4 Å². The minimum atomic E-state index is 0.0230. The minimum absolute atomic E-state index is 0.0230. The summed E-state index contributed by atoms with van der Waals surface area (Å²) in [4.78, 5) is 28.8. The Bertz CT molecular complexity index is 879. The normalized spacial score (nSPS) is 22.8. The molecule has 1 N–H and O–H groups in total. The smallest absolute Gasteiger partial charge is 0.224 e. The Morgan fingerprint density at radius 3 is 2.53 bits per heavy atom. The van der Waals surface area contributed by atoms with Crippen LogP contribution in [0, 0.1) is 25.7 Å². The van der Waals surface area contributed by atoms with E-state index in [9.17, 15) is 9.59 Å². The van der Waals surface area contributed by atoms with Gasteiger partial charge < -0.3 is 10.2 Å². The number of carbonyl (C=O) groups excluding carboxylic acids is 2. The number of hydrogen-bond donors (Lipinski definition) is 1. The summed E-state index contributed by atoms with van der Waals surface area (Å²) < 4.78 is 0. The van der Waals surface area contributed by atoms with E-state index >= 15 is 0 Å². The predicted octanol–water partition coefficient (Wildman–Crippen LogP) is 4.82. The van der Waals surface area contributed by atoms with Gasteiger partial charge in [0.25, 0.3) is 0 Å². The lowest BCUT2D eigenvalue weighted by molar-refractivity contribution is -0.128. The molecule has 32 heavy (non-hydrogen) atoms. The summed E-state index contributed by atoms with van der Waals surface area (Å²) in [6.45, 7) is 15.0. The maximum Gasteiger partial charge on any atom is 0.224 e. The molecule has 3 aliphatic rings. The molecular formula is C27H39N3O2. The van der Waals surface area contributed by atoms with Crippen molar-refractivity contribution in [3.8, 4) is 0 Å². The highest BCUT2D eigenvalue weighted by atomic mass is 16.1. The topological polar surface area (TPSA) is 52.6 Å². The number of hydrogen-bond acceptors (Lipinski definition) is 4. The van der Waals surface area contributed by atoms with Gasteiger partial charge in [-0.05, 0) is 68.2 Å². The Morgan fingerprint density at radius 1 is 1.16 bits per heavy atom. The largest absolute Gasteiger partial charge is 0.370 e. The maximum atomic E-state index is 12.5. The average Bonchev–Trinajstić information content (AvgIpc) is 3.25. The first-order valence-electron chi connectivity index (χ1n) is 12.4. The molecule has 1 aromatic carbocycles. The lowest BCUT2D eigenvalue weighted by Crippen LogP contribution is -2.51. The molecule has 4 rings (SSSR count). The predicted molar refractivity (Wildman–Crippen MR) is 129 cm³/mol. The first-order valence-corrected chi connectivity index (χ1v) is 12.4. The van der Waals surface area contributed by atoms with Gasteiger partial charge in [0.2, 0.25) is 5.91 Å². The number of nitrogens with zero attached hydrogens (tertiary/aromatic N) is 2. The molecule has 1 amide bonds. The molecule has 2 saturated carbocycles. The first kappa shape index (κ1) is 23.0. The molecule has 0 radical (unpaired) electrons. The van der Waals surface area contributed by atoms with Gasteiger partial charge in [-0.25, -0.2) is 0 Å². The van der Waals surface area contributed by atoms with E-state index in [1.807, 2.05) is 0 Å². The molecule has 0 spiro atoms. The zero-order valence-electron chi connectivity index (χ0n) is 20.1. The van der Waals surface area contributed by atoms with E-state index in [2.05, 4.69) is 54.6 Å². The van der Waals surface area contributed by atoms with E-state index in [1.54, 1.807) is 0 Å². The number of carbonyl (C=O) groups is 2. The molecule has 1 saturated heterocycles. The number of anilines is 1. The Balaban J connectivity index is 1.36. The van der Waals surface area contributed by atoms with Crippen molar-refractivity contribution in [2.75, 3.05) is 25.0 Å². The second-order valence-electron chi connectivity index (χ2n) is 10.4. The van der Waals surface area contributed by atoms with Gasteiger partial charge in [-0.2, -0.15) is 0 Å². The fraction of sp³-hybridized carbons (Fsp3) is 0.630. The molecule has 0 bridgehead atoms. The summed E-state index contributed by atoms with van der Waals surface area (Å²) in [5.74, 6) is 1.21. The number of aryl methyl sites for hydroxylation is 1. The number of benzene rings is 1. The van der Waals surface area contributed by atoms with Crippen LogP contribution in [-0.2, 0) is 16.1 Å². The van der Waals surface area contributed by atoms with Gasteiger partial charge in [-0.15, -0.1) is 0 Å². The highest BCUT2D eigenvalue weighted by Crippen LogP contribution is 2.34. The summed E-state index contributed by atoms with van der Waals surface area (Å²) >= 11 is 0. The average molecular weight is 438 g/mol. The van der Waals surface area contributed by atoms with Crippen LogP contribution in [0.4, 0.5) is 5.69 Å². The van der Waals surface area contributed by atoms with Gasteiger partial charge in [0.1, 0.15) is 5.78 Å². The molecular weight excluding hydrogens is 398 g/mol. The van der Waals surface area contributed by atoms with E-state index in [0.717, 1.165) is 37.4 Å². The summed E-state index contributed by atoms with van der Waals surface area (Å²) in [5.41, 5.74) is 5.88. The Morgan fingerprint density at radius 2 is 1.88 bits per heavy atom. The second-order valence-corrected chi connectivity index (χ2v) is 10.4. The molecule has 1 aromatic rings. The van der Waals surface area contributed by atoms with Crippen LogP contribution in [0.2, 0.25) is 0 Å². The molecule has 174 valence electrons. The summed E-state index contributed by atoms with van der Waals surface area (Å²) in [7, 11) is 0. The summed E-state index contributed by atoms with van der Waals surface area (Å²) in [6, 6.07) is 4.80. The van der Waals surface area contributed by atoms with Crippen molar-refractivity contribution in [3.05, 3.63) is 41.1 Å². The van der Waals surface area contributed by atoms with Crippen LogP contribution in [-0.4, -0.2) is 47.2 Å². The Hall–Kier alpha value is -2.14. The van der Waals surface area contributed by atoms with E-state index < -0.39 is 0 Å². The Labute approximate surface area is 193 Å². The molecule has 0 unspecified atom stereocenters. The molecule has 5 nitrogen and oxygen atoms in total. The molecule has 1 heterocycles. The van der Waals surface area contributed by atoms with Crippen LogP contribution >= 0.6 is 0 Å². The Kier molecular flexibility index (Phi) is 7.04. The van der Waals surface area contributed by atoms with Crippen LogP contribution in [0.25, 0.3) is 0 Å². The van der Waals surface area contributed by atoms with Gasteiger partial charge in [-0.1, -0.05) is 25.5 Å². The van der Waals surface area contributed by atoms with Gasteiger partial charge >= 0.3 is 0 Å². The number of rotatable bonds is 7. The third kappa shape index (κ3) is 5.25. The van der Waals surface area contributed by atoms with Gasteiger partial charge in [0.05, 0.1) is 0 Å². The van der Waals surface area contributed by atoms with Crippen molar-refractivity contribution in [2.45, 2.75) is 78.3 Å². The van der Waals surface area contributed by atoms with Gasteiger partial charge in [-0.3, -0.25) is 14.5 Å². The molecule has 3 fully saturated rings. The standard InChI is InChI=1S/C27H39N3O2/c1-18-11-24(20(3)26(12-18)28-27(32)15-22-13-25(31)14-22)17-29-9-10-30(19(2)16-29)21(4)23-7-5-6-8-23/h11-12,19,22-23H,4-10,13-17H2,1-3H3,(H,28,32)/t19-/m0/s1.